The Morgan fingerprint density at radius 2 is 2.17 bits per heavy atom. The molecule has 2 rings (SSSR count). The average molecular weight is 268 g/mol. The van der Waals surface area contributed by atoms with Crippen LogP contribution in [0.15, 0.2) is 9.68 Å². The van der Waals surface area contributed by atoms with Gasteiger partial charge in [-0.05, 0) is 5.92 Å². The van der Waals surface area contributed by atoms with E-state index in [0.29, 0.717) is 29.3 Å². The summed E-state index contributed by atoms with van der Waals surface area (Å²) >= 11 is 1.48. The summed E-state index contributed by atoms with van der Waals surface area (Å²) < 4.78 is 6.88. The van der Waals surface area contributed by atoms with Crippen LogP contribution in [0.3, 0.4) is 0 Å². The second-order valence-electron chi connectivity index (χ2n) is 4.39. The van der Waals surface area contributed by atoms with Gasteiger partial charge in [0, 0.05) is 13.5 Å². The van der Waals surface area contributed by atoms with Crippen LogP contribution in [0, 0.1) is 5.92 Å². The minimum Gasteiger partial charge on any atom is -0.368 e. The maximum atomic E-state index is 5.59. The van der Waals surface area contributed by atoms with Crippen molar-refractivity contribution in [2.45, 2.75) is 31.2 Å². The minimum absolute atomic E-state index is 0.395. The van der Waals surface area contributed by atoms with E-state index in [-0.39, 0.29) is 0 Å². The van der Waals surface area contributed by atoms with Gasteiger partial charge in [-0.25, -0.2) is 0 Å². The molecule has 0 aromatic carbocycles. The van der Waals surface area contributed by atoms with Gasteiger partial charge in [0.05, 0.1) is 5.75 Å². The molecule has 2 heterocycles. The highest BCUT2D eigenvalue weighted by molar-refractivity contribution is 7.98. The SMILES string of the molecule is CC(C)Cc1nc(CSc2nnc(N)n2C)no1. The van der Waals surface area contributed by atoms with Gasteiger partial charge in [-0.15, -0.1) is 10.2 Å². The van der Waals surface area contributed by atoms with Gasteiger partial charge in [0.2, 0.25) is 11.8 Å². The molecule has 8 heteroatoms. The zero-order valence-corrected chi connectivity index (χ0v) is 11.4. The summed E-state index contributed by atoms with van der Waals surface area (Å²) in [4.78, 5) is 4.31. The summed E-state index contributed by atoms with van der Waals surface area (Å²) in [6.45, 7) is 4.22. The van der Waals surface area contributed by atoms with Crippen molar-refractivity contribution >= 4 is 17.7 Å². The van der Waals surface area contributed by atoms with Gasteiger partial charge >= 0.3 is 0 Å². The van der Waals surface area contributed by atoms with E-state index in [1.165, 1.54) is 11.8 Å². The summed E-state index contributed by atoms with van der Waals surface area (Å²) in [5.74, 6) is 2.83. The summed E-state index contributed by atoms with van der Waals surface area (Å²) in [5, 5.41) is 12.4. The molecule has 0 saturated carbocycles. The highest BCUT2D eigenvalue weighted by atomic mass is 32.2. The Morgan fingerprint density at radius 1 is 1.39 bits per heavy atom. The molecule has 98 valence electrons. The Bertz CT molecular complexity index is 520. The van der Waals surface area contributed by atoms with Crippen molar-refractivity contribution in [1.29, 1.82) is 0 Å². The largest absolute Gasteiger partial charge is 0.368 e. The van der Waals surface area contributed by atoms with E-state index in [0.717, 1.165) is 11.6 Å². The Hall–Kier alpha value is -1.57. The van der Waals surface area contributed by atoms with E-state index in [1.54, 1.807) is 4.57 Å². The zero-order valence-electron chi connectivity index (χ0n) is 10.6. The van der Waals surface area contributed by atoms with E-state index in [1.807, 2.05) is 7.05 Å². The Balaban J connectivity index is 1.94. The maximum Gasteiger partial charge on any atom is 0.226 e. The van der Waals surface area contributed by atoms with E-state index < -0.39 is 0 Å². The summed E-state index contributed by atoms with van der Waals surface area (Å²) in [6.07, 6.45) is 0.800. The first-order valence-corrected chi connectivity index (χ1v) is 6.64. The summed E-state index contributed by atoms with van der Waals surface area (Å²) in [6, 6.07) is 0. The van der Waals surface area contributed by atoms with Crippen molar-refractivity contribution in [3.05, 3.63) is 11.7 Å². The van der Waals surface area contributed by atoms with Crippen molar-refractivity contribution in [3.8, 4) is 0 Å². The standard InChI is InChI=1S/C10H16N6OS/c1-6(2)4-8-12-7(15-17-8)5-18-10-14-13-9(11)16(10)3/h6H,4-5H2,1-3H3,(H2,11,13). The van der Waals surface area contributed by atoms with Crippen LogP contribution in [-0.2, 0) is 19.2 Å². The van der Waals surface area contributed by atoms with Crippen molar-refractivity contribution < 1.29 is 4.52 Å². The third-order valence-corrected chi connectivity index (χ3v) is 3.31. The molecule has 18 heavy (non-hydrogen) atoms. The molecule has 0 aliphatic rings. The topological polar surface area (TPSA) is 95.7 Å². The van der Waals surface area contributed by atoms with Crippen LogP contribution in [0.25, 0.3) is 0 Å². The fraction of sp³-hybridized carbons (Fsp3) is 0.600. The maximum absolute atomic E-state index is 5.59. The van der Waals surface area contributed by atoms with Crippen LogP contribution < -0.4 is 5.73 Å². The second-order valence-corrected chi connectivity index (χ2v) is 5.33. The minimum atomic E-state index is 0.395. The van der Waals surface area contributed by atoms with Crippen LogP contribution in [-0.4, -0.2) is 24.9 Å². The fourth-order valence-corrected chi connectivity index (χ4v) is 2.12. The molecule has 2 aromatic heterocycles. The molecule has 0 aliphatic carbocycles. The zero-order chi connectivity index (χ0) is 13.1. The van der Waals surface area contributed by atoms with Crippen molar-refractivity contribution in [3.63, 3.8) is 0 Å². The molecule has 0 spiro atoms. The van der Waals surface area contributed by atoms with Gasteiger partial charge in [-0.3, -0.25) is 4.57 Å². The van der Waals surface area contributed by atoms with Crippen LogP contribution in [0.5, 0.6) is 0 Å². The first-order valence-electron chi connectivity index (χ1n) is 5.65. The second kappa shape index (κ2) is 5.38. The number of aromatic nitrogens is 5. The van der Waals surface area contributed by atoms with Crippen LogP contribution in [0.2, 0.25) is 0 Å². The molecule has 7 nitrogen and oxygen atoms in total. The number of nitrogens with two attached hydrogens (primary N) is 1. The number of thioether (sulfide) groups is 1. The molecule has 0 bridgehead atoms. The van der Waals surface area contributed by atoms with Gasteiger partial charge in [0.15, 0.2) is 11.0 Å². The van der Waals surface area contributed by atoms with E-state index in [4.69, 9.17) is 10.3 Å². The molecule has 0 saturated heterocycles. The number of hydrogen-bond acceptors (Lipinski definition) is 7. The first kappa shape index (κ1) is 12.9. The van der Waals surface area contributed by atoms with Gasteiger partial charge in [-0.2, -0.15) is 4.98 Å². The third-order valence-electron chi connectivity index (χ3n) is 2.29. The molecular formula is C10H16N6OS. The van der Waals surface area contributed by atoms with E-state index in [2.05, 4.69) is 34.2 Å². The number of hydrogen-bond donors (Lipinski definition) is 1. The highest BCUT2D eigenvalue weighted by Gasteiger charge is 2.11. The van der Waals surface area contributed by atoms with Crippen LogP contribution >= 0.6 is 11.8 Å². The Labute approximate surface area is 109 Å². The first-order chi connectivity index (χ1) is 8.56. The number of nitrogens with zero attached hydrogens (tertiary/aromatic N) is 5. The number of rotatable bonds is 5. The van der Waals surface area contributed by atoms with Crippen molar-refractivity contribution in [2.75, 3.05) is 5.73 Å². The van der Waals surface area contributed by atoms with Gasteiger partial charge in [0.25, 0.3) is 0 Å². The van der Waals surface area contributed by atoms with Crippen molar-refractivity contribution in [2.24, 2.45) is 13.0 Å². The van der Waals surface area contributed by atoms with Crippen molar-refractivity contribution in [1.82, 2.24) is 24.9 Å². The normalized spacial score (nSPS) is 11.3. The lowest BCUT2D eigenvalue weighted by Crippen LogP contribution is -1.98. The van der Waals surface area contributed by atoms with Gasteiger partial charge in [0.1, 0.15) is 0 Å². The van der Waals surface area contributed by atoms with E-state index >= 15 is 0 Å². The third kappa shape index (κ3) is 3.00. The predicted octanol–water partition coefficient (Wildman–Crippen LogP) is 1.27. The van der Waals surface area contributed by atoms with Gasteiger partial charge in [-0.1, -0.05) is 30.8 Å². The Morgan fingerprint density at radius 3 is 2.78 bits per heavy atom. The van der Waals surface area contributed by atoms with Gasteiger partial charge < -0.3 is 10.3 Å². The molecule has 0 fully saturated rings. The monoisotopic (exact) mass is 268 g/mol. The molecule has 0 atom stereocenters. The smallest absolute Gasteiger partial charge is 0.226 e. The lowest BCUT2D eigenvalue weighted by atomic mass is 10.1. The van der Waals surface area contributed by atoms with Crippen LogP contribution in [0.1, 0.15) is 25.6 Å². The fourth-order valence-electron chi connectivity index (χ4n) is 1.36. The molecule has 0 radical (unpaired) electrons. The quantitative estimate of drug-likeness (QED) is 0.816. The molecular weight excluding hydrogens is 252 g/mol. The Kier molecular flexibility index (Phi) is 3.85. The lowest BCUT2D eigenvalue weighted by Gasteiger charge is -1.98. The highest BCUT2D eigenvalue weighted by Crippen LogP contribution is 2.20. The average Bonchev–Trinajstić information content (AvgIpc) is 2.86. The van der Waals surface area contributed by atoms with Crippen LogP contribution in [0.4, 0.5) is 5.95 Å². The summed E-state index contributed by atoms with van der Waals surface area (Å²) in [7, 11) is 1.82. The summed E-state index contributed by atoms with van der Waals surface area (Å²) in [5.41, 5.74) is 5.59. The lowest BCUT2D eigenvalue weighted by molar-refractivity contribution is 0.360. The van der Waals surface area contributed by atoms with E-state index in [9.17, 15) is 0 Å². The molecule has 0 aliphatic heterocycles. The molecule has 2 aromatic rings. The predicted molar refractivity (Wildman–Crippen MR) is 67.8 cm³/mol. The molecule has 0 amide bonds. The molecule has 0 unspecified atom stereocenters. The molecule has 2 N–H and O–H groups in total. The number of nitrogen functional groups attached to an aromatic ring is 1. The number of anilines is 1.